The van der Waals surface area contributed by atoms with E-state index >= 15 is 0 Å². The average Bonchev–Trinajstić information content (AvgIpc) is 3.24. The Morgan fingerprint density at radius 1 is 1.03 bits per heavy atom. The topological polar surface area (TPSA) is 97.2 Å². The van der Waals surface area contributed by atoms with Crippen LogP contribution < -0.4 is 5.32 Å². The van der Waals surface area contributed by atoms with Crippen LogP contribution in [0.15, 0.2) is 59.9 Å². The summed E-state index contributed by atoms with van der Waals surface area (Å²) in [6.45, 7) is 2.57. The van der Waals surface area contributed by atoms with E-state index in [9.17, 15) is 22.0 Å². The highest BCUT2D eigenvalue weighted by Gasteiger charge is 2.23. The number of hydrogen-bond acceptors (Lipinski definition) is 6. The predicted molar refractivity (Wildman–Crippen MR) is 126 cm³/mol. The maximum atomic E-state index is 14.2. The molecule has 0 aliphatic carbocycles. The molecule has 1 saturated heterocycles. The highest BCUT2D eigenvalue weighted by atomic mass is 32.2. The van der Waals surface area contributed by atoms with Crippen molar-refractivity contribution in [1.82, 2.24) is 24.8 Å². The number of halogens is 2. The maximum Gasteiger partial charge on any atom is 0.254 e. The van der Waals surface area contributed by atoms with E-state index in [1.165, 1.54) is 29.2 Å². The number of carbonyl (C=O) groups is 1. The lowest BCUT2D eigenvalue weighted by Gasteiger charge is -2.27. The fourth-order valence-electron chi connectivity index (χ4n) is 4.15. The molecule has 5 rings (SSSR count). The molecule has 4 aromatic rings. The number of amides is 1. The molecule has 11 heteroatoms. The van der Waals surface area contributed by atoms with E-state index in [-0.39, 0.29) is 22.3 Å². The van der Waals surface area contributed by atoms with E-state index in [2.05, 4.69) is 15.3 Å². The number of carbonyl (C=O) groups excluding carboxylic acids is 1. The number of nitrogens with zero attached hydrogens (tertiary/aromatic N) is 4. The zero-order valence-electron chi connectivity index (χ0n) is 18.7. The zero-order valence-corrected chi connectivity index (χ0v) is 19.5. The van der Waals surface area contributed by atoms with Crippen LogP contribution >= 0.6 is 0 Å². The summed E-state index contributed by atoms with van der Waals surface area (Å²) in [5, 5.41) is 3.63. The number of hydrogen-bond donors (Lipinski definition) is 1. The van der Waals surface area contributed by atoms with Crippen molar-refractivity contribution in [2.75, 3.05) is 32.4 Å². The average molecular weight is 498 g/mol. The summed E-state index contributed by atoms with van der Waals surface area (Å²) in [4.78, 5) is 23.4. The molecule has 0 spiro atoms. The third kappa shape index (κ3) is 4.40. The van der Waals surface area contributed by atoms with Gasteiger partial charge in [-0.25, -0.2) is 27.2 Å². The molecule has 1 aliphatic rings. The Kier molecular flexibility index (Phi) is 5.81. The number of sulfone groups is 1. The lowest BCUT2D eigenvalue weighted by atomic mass is 10.1. The lowest BCUT2D eigenvalue weighted by molar-refractivity contribution is 0.0736. The van der Waals surface area contributed by atoms with Gasteiger partial charge in [-0.1, -0.05) is 6.07 Å². The Morgan fingerprint density at radius 3 is 2.40 bits per heavy atom. The quantitative estimate of drug-likeness (QED) is 0.466. The first-order valence-corrected chi connectivity index (χ1v) is 12.7. The molecule has 1 amide bonds. The van der Waals surface area contributed by atoms with Gasteiger partial charge >= 0.3 is 0 Å². The Bertz CT molecular complexity index is 1550. The highest BCUT2D eigenvalue weighted by molar-refractivity contribution is 7.91. The predicted octanol–water partition coefficient (Wildman–Crippen LogP) is 2.81. The van der Waals surface area contributed by atoms with Crippen LogP contribution in [-0.4, -0.2) is 66.2 Å². The molecule has 3 heterocycles. The van der Waals surface area contributed by atoms with Crippen LogP contribution in [0, 0.1) is 11.6 Å². The van der Waals surface area contributed by atoms with E-state index in [0.717, 1.165) is 18.4 Å². The van der Waals surface area contributed by atoms with E-state index < -0.39 is 21.5 Å². The molecular formula is C24H21F2N5O3S. The molecule has 0 atom stereocenters. The molecular weight excluding hydrogens is 476 g/mol. The lowest BCUT2D eigenvalue weighted by Crippen LogP contribution is -2.46. The van der Waals surface area contributed by atoms with Gasteiger partial charge in [-0.05, 0) is 24.3 Å². The van der Waals surface area contributed by atoms with E-state index in [1.807, 2.05) is 0 Å². The van der Waals surface area contributed by atoms with Crippen molar-refractivity contribution in [1.29, 1.82) is 0 Å². The third-order valence-electron chi connectivity index (χ3n) is 5.92. The monoisotopic (exact) mass is 497 g/mol. The minimum atomic E-state index is -3.60. The van der Waals surface area contributed by atoms with Crippen LogP contribution in [0.3, 0.4) is 0 Å². The molecule has 35 heavy (non-hydrogen) atoms. The van der Waals surface area contributed by atoms with Gasteiger partial charge in [0.1, 0.15) is 11.6 Å². The van der Waals surface area contributed by atoms with Crippen LogP contribution in [0.2, 0.25) is 0 Å². The normalized spacial score (nSPS) is 14.4. The van der Waals surface area contributed by atoms with Crippen LogP contribution in [0.1, 0.15) is 10.4 Å². The fourth-order valence-corrected chi connectivity index (χ4v) is 5.02. The number of piperazine rings is 1. The number of benzene rings is 2. The van der Waals surface area contributed by atoms with Gasteiger partial charge in [0.15, 0.2) is 9.84 Å². The molecule has 180 valence electrons. The summed E-state index contributed by atoms with van der Waals surface area (Å²) < 4.78 is 53.8. The van der Waals surface area contributed by atoms with Crippen LogP contribution in [0.5, 0.6) is 0 Å². The van der Waals surface area contributed by atoms with Crippen LogP contribution in [0.25, 0.3) is 28.0 Å². The first-order chi connectivity index (χ1) is 16.7. The van der Waals surface area contributed by atoms with Crippen LogP contribution in [0.4, 0.5) is 8.78 Å². The van der Waals surface area contributed by atoms with Crippen molar-refractivity contribution in [3.8, 4) is 17.1 Å². The standard InChI is InChI=1S/C24H21F2N5O3S/c1-35(33,34)22-14-31(24-28-12-16(13-29-24)18-5-3-17(25)11-20(18)26)21-10-15(2-4-19(21)22)23(32)30-8-6-27-7-9-30/h2-5,10-14,27H,6-9H2,1H3. The van der Waals surface area contributed by atoms with Crippen molar-refractivity contribution in [2.45, 2.75) is 4.90 Å². The number of aromatic nitrogens is 3. The number of fused-ring (bicyclic) bond motifs is 1. The molecule has 1 fully saturated rings. The molecule has 2 aromatic carbocycles. The zero-order chi connectivity index (χ0) is 24.7. The van der Waals surface area contributed by atoms with E-state index in [1.54, 1.807) is 23.1 Å². The Balaban J connectivity index is 1.59. The summed E-state index contributed by atoms with van der Waals surface area (Å²) in [7, 11) is -3.60. The summed E-state index contributed by atoms with van der Waals surface area (Å²) in [6, 6.07) is 8.07. The molecule has 1 N–H and O–H groups in total. The molecule has 0 unspecified atom stereocenters. The molecule has 0 radical (unpaired) electrons. The third-order valence-corrected chi connectivity index (χ3v) is 7.04. The van der Waals surface area contributed by atoms with Gasteiger partial charge in [-0.2, -0.15) is 0 Å². The van der Waals surface area contributed by atoms with Gasteiger partial charge in [-0.3, -0.25) is 9.36 Å². The highest BCUT2D eigenvalue weighted by Crippen LogP contribution is 2.29. The second-order valence-electron chi connectivity index (χ2n) is 8.31. The molecule has 2 aromatic heterocycles. The summed E-state index contributed by atoms with van der Waals surface area (Å²) >= 11 is 0. The first kappa shape index (κ1) is 23.1. The maximum absolute atomic E-state index is 14.2. The van der Waals surface area contributed by atoms with Crippen molar-refractivity contribution >= 4 is 26.6 Å². The summed E-state index contributed by atoms with van der Waals surface area (Å²) in [5.74, 6) is -1.45. The molecule has 8 nitrogen and oxygen atoms in total. The summed E-state index contributed by atoms with van der Waals surface area (Å²) in [5.41, 5.74) is 1.34. The first-order valence-electron chi connectivity index (χ1n) is 10.9. The Labute approximate surface area is 200 Å². The second kappa shape index (κ2) is 8.82. The van der Waals surface area contributed by atoms with Crippen molar-refractivity contribution < 1.29 is 22.0 Å². The van der Waals surface area contributed by atoms with Crippen LogP contribution in [-0.2, 0) is 9.84 Å². The van der Waals surface area contributed by atoms with Crippen molar-refractivity contribution in [2.24, 2.45) is 0 Å². The largest absolute Gasteiger partial charge is 0.336 e. The minimum Gasteiger partial charge on any atom is -0.336 e. The van der Waals surface area contributed by atoms with E-state index in [0.29, 0.717) is 48.2 Å². The number of rotatable bonds is 4. The van der Waals surface area contributed by atoms with Crippen molar-refractivity contribution in [3.63, 3.8) is 0 Å². The minimum absolute atomic E-state index is 0.0749. The summed E-state index contributed by atoms with van der Waals surface area (Å²) in [6.07, 6.45) is 5.26. The van der Waals surface area contributed by atoms with Gasteiger partial charge in [0.25, 0.3) is 5.91 Å². The van der Waals surface area contributed by atoms with E-state index in [4.69, 9.17) is 0 Å². The van der Waals surface area contributed by atoms with Gasteiger partial charge in [0, 0.05) is 79.2 Å². The van der Waals surface area contributed by atoms with Crippen molar-refractivity contribution in [3.05, 3.63) is 72.2 Å². The molecule has 0 bridgehead atoms. The SMILES string of the molecule is CS(=O)(=O)c1cn(-c2ncc(-c3ccc(F)cc3F)cn2)c2cc(C(=O)N3CCNCC3)ccc12. The van der Waals surface area contributed by atoms with Gasteiger partial charge in [0.2, 0.25) is 5.95 Å². The molecule has 1 aliphatic heterocycles. The van der Waals surface area contributed by atoms with Gasteiger partial charge in [0.05, 0.1) is 10.4 Å². The fraction of sp³-hybridized carbons (Fsp3) is 0.208. The smallest absolute Gasteiger partial charge is 0.254 e. The van der Waals surface area contributed by atoms with Gasteiger partial charge < -0.3 is 10.2 Å². The second-order valence-corrected chi connectivity index (χ2v) is 10.3. The molecule has 0 saturated carbocycles. The Morgan fingerprint density at radius 2 is 1.74 bits per heavy atom. The Hall–Kier alpha value is -3.70. The number of nitrogens with one attached hydrogen (secondary N) is 1. The van der Waals surface area contributed by atoms with Gasteiger partial charge in [-0.15, -0.1) is 0 Å².